The molecule has 1 saturated heterocycles. The molecule has 7 nitrogen and oxygen atoms in total. The second-order valence-electron chi connectivity index (χ2n) is 6.92. The zero-order chi connectivity index (χ0) is 20.5. The topological polar surface area (TPSA) is 69.3 Å². The molecule has 0 saturated carbocycles. The van der Waals surface area contributed by atoms with Gasteiger partial charge >= 0.3 is 0 Å². The lowest BCUT2D eigenvalue weighted by molar-refractivity contribution is 0.00191. The molecule has 0 spiro atoms. The van der Waals surface area contributed by atoms with Crippen LogP contribution in [0.25, 0.3) is 0 Å². The number of carbonyl (C=O) groups is 1. The number of morpholine rings is 1. The molecule has 1 heterocycles. The van der Waals surface area contributed by atoms with E-state index in [0.29, 0.717) is 41.3 Å². The van der Waals surface area contributed by atoms with E-state index in [1.54, 1.807) is 33.5 Å². The predicted molar refractivity (Wildman–Crippen MR) is 109 cm³/mol. The van der Waals surface area contributed by atoms with Crippen molar-refractivity contribution in [1.29, 1.82) is 0 Å². The quantitative estimate of drug-likeness (QED) is 0.658. The fraction of sp³-hybridized carbons (Fsp3) is 0.667. The summed E-state index contributed by atoms with van der Waals surface area (Å²) in [5.74, 6) is 1.79. The number of benzene rings is 1. The summed E-state index contributed by atoms with van der Waals surface area (Å²) in [5, 5.41) is 3.11. The molecule has 1 fully saturated rings. The number of carbonyl (C=O) groups excluding carboxylic acids is 1. The molecule has 28 heavy (non-hydrogen) atoms. The zero-order valence-electron chi connectivity index (χ0n) is 17.7. The largest absolute Gasteiger partial charge is 0.493 e. The molecule has 1 amide bonds. The Kier molecular flexibility index (Phi) is 8.86. The lowest BCUT2D eigenvalue weighted by Gasteiger charge is -2.38. The summed E-state index contributed by atoms with van der Waals surface area (Å²) < 4.78 is 21.5. The van der Waals surface area contributed by atoms with Gasteiger partial charge < -0.3 is 24.3 Å². The molecule has 158 valence electrons. The van der Waals surface area contributed by atoms with Gasteiger partial charge in [-0.05, 0) is 18.1 Å². The first kappa shape index (κ1) is 22.3. The summed E-state index contributed by atoms with van der Waals surface area (Å²) in [6.07, 6.45) is 2.16. The van der Waals surface area contributed by atoms with Crippen molar-refractivity contribution in [2.45, 2.75) is 32.7 Å². The van der Waals surface area contributed by atoms with Crippen molar-refractivity contribution in [3.8, 4) is 17.2 Å². The van der Waals surface area contributed by atoms with Crippen LogP contribution in [0.5, 0.6) is 17.2 Å². The number of nitrogens with one attached hydrogen (secondary N) is 1. The Hall–Kier alpha value is -1.99. The average molecular weight is 395 g/mol. The number of methoxy groups -OCH3 is 3. The monoisotopic (exact) mass is 394 g/mol. The Balaban J connectivity index is 2.15. The summed E-state index contributed by atoms with van der Waals surface area (Å²) >= 11 is 0. The third-order valence-corrected chi connectivity index (χ3v) is 5.51. The van der Waals surface area contributed by atoms with Gasteiger partial charge in [-0.25, -0.2) is 0 Å². The lowest BCUT2D eigenvalue weighted by Crippen LogP contribution is -2.52. The van der Waals surface area contributed by atoms with Gasteiger partial charge in [0.1, 0.15) is 0 Å². The van der Waals surface area contributed by atoms with Gasteiger partial charge in [-0.15, -0.1) is 0 Å². The Morgan fingerprint density at radius 1 is 1.07 bits per heavy atom. The Bertz CT molecular complexity index is 602. The second-order valence-corrected chi connectivity index (χ2v) is 6.92. The van der Waals surface area contributed by atoms with Gasteiger partial charge in [0.05, 0.1) is 34.5 Å². The van der Waals surface area contributed by atoms with Crippen LogP contribution in [0, 0.1) is 5.92 Å². The minimum Gasteiger partial charge on any atom is -0.493 e. The molecular weight excluding hydrogens is 360 g/mol. The maximum absolute atomic E-state index is 12.9. The van der Waals surface area contributed by atoms with E-state index < -0.39 is 0 Å². The van der Waals surface area contributed by atoms with Crippen LogP contribution in [-0.4, -0.2) is 71.0 Å². The van der Waals surface area contributed by atoms with Crippen LogP contribution >= 0.6 is 0 Å². The second kappa shape index (κ2) is 11.1. The fourth-order valence-electron chi connectivity index (χ4n) is 3.85. The van der Waals surface area contributed by atoms with Gasteiger partial charge in [0, 0.05) is 31.2 Å². The SMILES string of the molecule is CCC(CC)[C@@H](CNC(=O)c1cc(OC)c(OC)c(OC)c1)N1CCOCC1. The predicted octanol–water partition coefficient (Wildman–Crippen LogP) is 2.58. The van der Waals surface area contributed by atoms with Gasteiger partial charge in [0.25, 0.3) is 5.91 Å². The summed E-state index contributed by atoms with van der Waals surface area (Å²) in [4.78, 5) is 15.3. The highest BCUT2D eigenvalue weighted by Crippen LogP contribution is 2.38. The molecule has 1 atom stereocenters. The van der Waals surface area contributed by atoms with Crippen molar-refractivity contribution in [3.05, 3.63) is 17.7 Å². The number of amides is 1. The van der Waals surface area contributed by atoms with Crippen LogP contribution in [0.1, 0.15) is 37.0 Å². The van der Waals surface area contributed by atoms with E-state index in [1.165, 1.54) is 0 Å². The van der Waals surface area contributed by atoms with Gasteiger partial charge in [-0.1, -0.05) is 26.7 Å². The Morgan fingerprint density at radius 2 is 1.64 bits per heavy atom. The molecule has 1 aliphatic rings. The molecule has 2 rings (SSSR count). The van der Waals surface area contributed by atoms with Crippen molar-refractivity contribution >= 4 is 5.91 Å². The van der Waals surface area contributed by atoms with Crippen molar-refractivity contribution < 1.29 is 23.7 Å². The highest BCUT2D eigenvalue weighted by atomic mass is 16.5. The number of hydrogen-bond acceptors (Lipinski definition) is 6. The Labute approximate surface area is 168 Å². The van der Waals surface area contributed by atoms with Crippen LogP contribution in [0.15, 0.2) is 12.1 Å². The van der Waals surface area contributed by atoms with Gasteiger partial charge in [0.15, 0.2) is 11.5 Å². The van der Waals surface area contributed by atoms with Crippen LogP contribution in [0.4, 0.5) is 0 Å². The molecule has 1 aromatic rings. The standard InChI is InChI=1S/C21H34N2O5/c1-6-15(7-2)17(23-8-10-28-11-9-23)14-22-21(24)16-12-18(25-3)20(27-5)19(13-16)26-4/h12-13,15,17H,6-11,14H2,1-5H3,(H,22,24)/t17-/m1/s1. The normalized spacial score (nSPS) is 15.9. The van der Waals surface area contributed by atoms with Crippen LogP contribution in [0.3, 0.4) is 0 Å². The first-order valence-electron chi connectivity index (χ1n) is 9.99. The minimum absolute atomic E-state index is 0.150. The number of hydrogen-bond donors (Lipinski definition) is 1. The van der Waals surface area contributed by atoms with Gasteiger partial charge in [-0.2, -0.15) is 0 Å². The molecule has 0 aliphatic carbocycles. The van der Waals surface area contributed by atoms with E-state index in [-0.39, 0.29) is 5.91 Å². The molecule has 1 aromatic carbocycles. The summed E-state index contributed by atoms with van der Waals surface area (Å²) in [6.45, 7) is 8.32. The lowest BCUT2D eigenvalue weighted by atomic mass is 9.92. The van der Waals surface area contributed by atoms with Gasteiger partial charge in [0.2, 0.25) is 5.75 Å². The first-order valence-corrected chi connectivity index (χ1v) is 9.99. The van der Waals surface area contributed by atoms with Crippen molar-refractivity contribution in [1.82, 2.24) is 10.2 Å². The molecule has 0 unspecified atom stereocenters. The summed E-state index contributed by atoms with van der Waals surface area (Å²) in [7, 11) is 4.63. The molecule has 1 aliphatic heterocycles. The molecule has 7 heteroatoms. The van der Waals surface area contributed by atoms with Gasteiger partial charge in [-0.3, -0.25) is 9.69 Å². The maximum Gasteiger partial charge on any atom is 0.251 e. The molecule has 0 bridgehead atoms. The number of ether oxygens (including phenoxy) is 4. The maximum atomic E-state index is 12.9. The van der Waals surface area contributed by atoms with E-state index in [2.05, 4.69) is 24.1 Å². The third kappa shape index (κ3) is 5.29. The van der Waals surface area contributed by atoms with E-state index in [9.17, 15) is 4.79 Å². The average Bonchev–Trinajstić information content (AvgIpc) is 2.75. The summed E-state index contributed by atoms with van der Waals surface area (Å²) in [6, 6.07) is 3.65. The minimum atomic E-state index is -0.150. The van der Waals surface area contributed by atoms with E-state index in [1.807, 2.05) is 0 Å². The molecular formula is C21H34N2O5. The molecule has 0 aromatic heterocycles. The third-order valence-electron chi connectivity index (χ3n) is 5.51. The molecule has 1 N–H and O–H groups in total. The highest BCUT2D eigenvalue weighted by molar-refractivity contribution is 5.95. The van der Waals surface area contributed by atoms with Crippen molar-refractivity contribution in [3.63, 3.8) is 0 Å². The van der Waals surface area contributed by atoms with Crippen LogP contribution in [-0.2, 0) is 4.74 Å². The van der Waals surface area contributed by atoms with Crippen LogP contribution in [0.2, 0.25) is 0 Å². The highest BCUT2D eigenvalue weighted by Gasteiger charge is 2.27. The van der Waals surface area contributed by atoms with E-state index >= 15 is 0 Å². The number of rotatable bonds is 10. The first-order chi connectivity index (χ1) is 13.6. The van der Waals surface area contributed by atoms with Crippen molar-refractivity contribution in [2.24, 2.45) is 5.92 Å². The zero-order valence-corrected chi connectivity index (χ0v) is 17.7. The van der Waals surface area contributed by atoms with Crippen LogP contribution < -0.4 is 19.5 Å². The van der Waals surface area contributed by atoms with Crippen molar-refractivity contribution in [2.75, 3.05) is 54.2 Å². The number of nitrogens with zero attached hydrogens (tertiary/aromatic N) is 1. The summed E-state index contributed by atoms with van der Waals surface area (Å²) in [5.41, 5.74) is 0.486. The van der Waals surface area contributed by atoms with E-state index in [0.717, 1.165) is 39.1 Å². The smallest absolute Gasteiger partial charge is 0.251 e. The molecule has 0 radical (unpaired) electrons. The Morgan fingerprint density at radius 3 is 2.11 bits per heavy atom. The fourth-order valence-corrected chi connectivity index (χ4v) is 3.85. The van der Waals surface area contributed by atoms with E-state index in [4.69, 9.17) is 18.9 Å².